The van der Waals surface area contributed by atoms with Crippen LogP contribution in [-0.4, -0.2) is 14.2 Å². The molecule has 0 aromatic heterocycles. The Morgan fingerprint density at radius 2 is 1.50 bits per heavy atom. The zero-order chi connectivity index (χ0) is 14.1. The summed E-state index contributed by atoms with van der Waals surface area (Å²) in [5.74, 6) is 1.21. The fraction of sp³-hybridized carbons (Fsp3) is 0.118. The minimum absolute atomic E-state index is 0.00144. The van der Waals surface area contributed by atoms with Crippen LogP contribution in [0.5, 0.6) is 11.5 Å². The summed E-state index contributed by atoms with van der Waals surface area (Å²) in [6.07, 6.45) is 0. The molecule has 0 radical (unpaired) electrons. The summed E-state index contributed by atoms with van der Waals surface area (Å²) in [4.78, 5) is 12.7. The zero-order valence-electron chi connectivity index (χ0n) is 11.3. The standard InChI is InChI=1S/C17H14O3/c1-19-15-10-9-13-14(17(15)20-2)8-7-11-5-3-4-6-12(11)16(13)18/h3-10H,1-2H3. The third-order valence-electron chi connectivity index (χ3n) is 3.46. The number of benzene rings is 2. The van der Waals surface area contributed by atoms with Crippen molar-refractivity contribution in [1.29, 1.82) is 0 Å². The van der Waals surface area contributed by atoms with E-state index in [1.54, 1.807) is 26.4 Å². The molecule has 0 unspecified atom stereocenters. The lowest BCUT2D eigenvalue weighted by Gasteiger charge is -2.08. The molecular formula is C17H14O3. The molecule has 0 amide bonds. The molecule has 0 N–H and O–H groups in total. The predicted molar refractivity (Wildman–Crippen MR) is 80.8 cm³/mol. The van der Waals surface area contributed by atoms with Gasteiger partial charge in [-0.25, -0.2) is 0 Å². The molecule has 0 bridgehead atoms. The number of ether oxygens (including phenoxy) is 2. The van der Waals surface area contributed by atoms with Crippen molar-refractivity contribution in [1.82, 2.24) is 0 Å². The summed E-state index contributed by atoms with van der Waals surface area (Å²) in [7, 11) is 3.16. The van der Waals surface area contributed by atoms with Crippen LogP contribution in [0, 0.1) is 0 Å². The number of rotatable bonds is 2. The van der Waals surface area contributed by atoms with Gasteiger partial charge in [0.25, 0.3) is 0 Å². The third kappa shape index (κ3) is 1.79. The van der Waals surface area contributed by atoms with Crippen LogP contribution in [0.2, 0.25) is 0 Å². The summed E-state index contributed by atoms with van der Waals surface area (Å²) >= 11 is 0. The lowest BCUT2D eigenvalue weighted by molar-refractivity contribution is 0.358. The second kappa shape index (κ2) is 4.85. The monoisotopic (exact) mass is 266 g/mol. The van der Waals surface area contributed by atoms with E-state index >= 15 is 0 Å². The highest BCUT2D eigenvalue weighted by Gasteiger charge is 2.11. The molecule has 3 aromatic rings. The van der Waals surface area contributed by atoms with Crippen molar-refractivity contribution in [3.8, 4) is 11.5 Å². The smallest absolute Gasteiger partial charge is 0.194 e. The molecule has 0 saturated heterocycles. The Morgan fingerprint density at radius 1 is 0.750 bits per heavy atom. The molecule has 0 saturated carbocycles. The SMILES string of the molecule is COc1ccc2c(=O)c3ccccc3ccc2c1OC. The molecule has 3 aromatic carbocycles. The number of hydrogen-bond acceptors (Lipinski definition) is 3. The van der Waals surface area contributed by atoms with Gasteiger partial charge in [-0.3, -0.25) is 4.79 Å². The molecule has 0 aliphatic rings. The molecular weight excluding hydrogens is 252 g/mol. The lowest BCUT2D eigenvalue weighted by Crippen LogP contribution is -1.99. The fourth-order valence-corrected chi connectivity index (χ4v) is 2.48. The molecule has 3 nitrogen and oxygen atoms in total. The van der Waals surface area contributed by atoms with E-state index in [1.165, 1.54) is 0 Å². The second-order valence-corrected chi connectivity index (χ2v) is 4.51. The first-order valence-electron chi connectivity index (χ1n) is 6.33. The number of hydrogen-bond donors (Lipinski definition) is 0. The maximum Gasteiger partial charge on any atom is 0.194 e. The van der Waals surface area contributed by atoms with Gasteiger partial charge in [0.2, 0.25) is 0 Å². The van der Waals surface area contributed by atoms with Gasteiger partial charge in [0.05, 0.1) is 14.2 Å². The van der Waals surface area contributed by atoms with Gasteiger partial charge in [0, 0.05) is 16.2 Å². The minimum Gasteiger partial charge on any atom is -0.493 e. The normalized spacial score (nSPS) is 10.7. The van der Waals surface area contributed by atoms with E-state index in [2.05, 4.69) is 0 Å². The second-order valence-electron chi connectivity index (χ2n) is 4.51. The molecule has 3 heteroatoms. The topological polar surface area (TPSA) is 35.5 Å². The average Bonchev–Trinajstić information content (AvgIpc) is 2.64. The van der Waals surface area contributed by atoms with Crippen molar-refractivity contribution in [3.63, 3.8) is 0 Å². The van der Waals surface area contributed by atoms with E-state index in [0.717, 1.165) is 10.8 Å². The van der Waals surface area contributed by atoms with Crippen LogP contribution >= 0.6 is 0 Å². The molecule has 100 valence electrons. The highest BCUT2D eigenvalue weighted by molar-refractivity contribution is 5.97. The Morgan fingerprint density at radius 3 is 2.25 bits per heavy atom. The largest absolute Gasteiger partial charge is 0.493 e. The summed E-state index contributed by atoms with van der Waals surface area (Å²) < 4.78 is 10.7. The molecule has 0 spiro atoms. The van der Waals surface area contributed by atoms with Crippen LogP contribution in [0.4, 0.5) is 0 Å². The lowest BCUT2D eigenvalue weighted by atomic mass is 10.1. The van der Waals surface area contributed by atoms with Crippen molar-refractivity contribution < 1.29 is 9.47 Å². The highest BCUT2D eigenvalue weighted by atomic mass is 16.5. The van der Waals surface area contributed by atoms with Crippen molar-refractivity contribution in [2.75, 3.05) is 14.2 Å². The van der Waals surface area contributed by atoms with Gasteiger partial charge >= 0.3 is 0 Å². The zero-order valence-corrected chi connectivity index (χ0v) is 11.3. The van der Waals surface area contributed by atoms with Crippen LogP contribution in [-0.2, 0) is 0 Å². The average molecular weight is 266 g/mol. The van der Waals surface area contributed by atoms with Crippen LogP contribution in [0.15, 0.2) is 53.3 Å². The van der Waals surface area contributed by atoms with Crippen LogP contribution in [0.25, 0.3) is 21.5 Å². The van der Waals surface area contributed by atoms with E-state index in [0.29, 0.717) is 22.3 Å². The van der Waals surface area contributed by atoms with E-state index in [9.17, 15) is 4.79 Å². The molecule has 0 aliphatic carbocycles. The minimum atomic E-state index is 0.00144. The van der Waals surface area contributed by atoms with E-state index in [1.807, 2.05) is 36.4 Å². The molecule has 3 rings (SSSR count). The molecule has 0 heterocycles. The van der Waals surface area contributed by atoms with Gasteiger partial charge < -0.3 is 9.47 Å². The van der Waals surface area contributed by atoms with Crippen molar-refractivity contribution >= 4 is 21.5 Å². The molecule has 0 fully saturated rings. The van der Waals surface area contributed by atoms with Crippen LogP contribution in [0.1, 0.15) is 0 Å². The fourth-order valence-electron chi connectivity index (χ4n) is 2.48. The van der Waals surface area contributed by atoms with E-state index < -0.39 is 0 Å². The molecule has 0 atom stereocenters. The Labute approximate surface area is 116 Å². The first-order valence-corrected chi connectivity index (χ1v) is 6.33. The Kier molecular flexibility index (Phi) is 3.03. The summed E-state index contributed by atoms with van der Waals surface area (Å²) in [5, 5.41) is 3.00. The Balaban J connectivity index is 2.57. The maximum absolute atomic E-state index is 12.7. The van der Waals surface area contributed by atoms with Crippen molar-refractivity contribution in [3.05, 3.63) is 58.8 Å². The van der Waals surface area contributed by atoms with E-state index in [-0.39, 0.29) is 5.43 Å². The summed E-state index contributed by atoms with van der Waals surface area (Å²) in [6, 6.07) is 14.9. The van der Waals surface area contributed by atoms with Crippen LogP contribution in [0.3, 0.4) is 0 Å². The predicted octanol–water partition coefficient (Wildman–Crippen LogP) is 3.37. The highest BCUT2D eigenvalue weighted by Crippen LogP contribution is 2.34. The van der Waals surface area contributed by atoms with Gasteiger partial charge in [0.15, 0.2) is 16.9 Å². The first kappa shape index (κ1) is 12.5. The van der Waals surface area contributed by atoms with Crippen LogP contribution < -0.4 is 14.9 Å². The van der Waals surface area contributed by atoms with Gasteiger partial charge in [-0.15, -0.1) is 0 Å². The Hall–Kier alpha value is -2.55. The van der Waals surface area contributed by atoms with Crippen molar-refractivity contribution in [2.45, 2.75) is 0 Å². The summed E-state index contributed by atoms with van der Waals surface area (Å²) in [6.45, 7) is 0. The molecule has 0 aliphatic heterocycles. The van der Waals surface area contributed by atoms with Gasteiger partial charge in [-0.2, -0.15) is 0 Å². The Bertz CT molecular complexity index is 853. The first-order chi connectivity index (χ1) is 9.76. The summed E-state index contributed by atoms with van der Waals surface area (Å²) in [5.41, 5.74) is 0.00144. The molecule has 20 heavy (non-hydrogen) atoms. The van der Waals surface area contributed by atoms with Crippen molar-refractivity contribution in [2.24, 2.45) is 0 Å². The number of methoxy groups -OCH3 is 2. The quantitative estimate of drug-likeness (QED) is 0.713. The van der Waals surface area contributed by atoms with E-state index in [4.69, 9.17) is 9.47 Å². The van der Waals surface area contributed by atoms with Gasteiger partial charge in [0.1, 0.15) is 0 Å². The van der Waals surface area contributed by atoms with Gasteiger partial charge in [-0.05, 0) is 23.6 Å². The number of fused-ring (bicyclic) bond motifs is 2. The van der Waals surface area contributed by atoms with Gasteiger partial charge in [-0.1, -0.05) is 30.3 Å². The third-order valence-corrected chi connectivity index (χ3v) is 3.46. The maximum atomic E-state index is 12.7.